The molecule has 158 valence electrons. The summed E-state index contributed by atoms with van der Waals surface area (Å²) in [5, 5.41) is 3.45. The molecule has 4 rings (SSSR count). The topological polar surface area (TPSA) is 57.8 Å². The number of halogens is 3. The molecule has 0 atom stereocenters. The predicted octanol–water partition coefficient (Wildman–Crippen LogP) is 6.21. The molecule has 7 heteroatoms. The number of hydrogen-bond donors (Lipinski definition) is 2. The van der Waals surface area contributed by atoms with Gasteiger partial charge in [0.1, 0.15) is 0 Å². The van der Waals surface area contributed by atoms with E-state index < -0.39 is 17.6 Å². The fourth-order valence-electron chi connectivity index (χ4n) is 3.67. The molecule has 31 heavy (non-hydrogen) atoms. The minimum atomic E-state index is -4.52. The van der Waals surface area contributed by atoms with Crippen LogP contribution >= 0.6 is 0 Å². The standard InChI is InChI=1S/C24H20F3N3O/c25-24(26,27)18-10-2-4-12-20(18)29-22(31)14-7-9-17-16-8-1-3-11-19(16)30-23(17)21-13-5-6-15-28-21/h1-6,8,10-13,15,30H,7,9,14H2,(H,29,31). The number of carbonyl (C=O) groups excluding carboxylic acids is 1. The van der Waals surface area contributed by atoms with Gasteiger partial charge in [-0.1, -0.05) is 36.4 Å². The van der Waals surface area contributed by atoms with Crippen molar-refractivity contribution in [2.24, 2.45) is 0 Å². The lowest BCUT2D eigenvalue weighted by Crippen LogP contribution is -2.16. The molecule has 1 amide bonds. The maximum absolute atomic E-state index is 13.1. The van der Waals surface area contributed by atoms with Crippen molar-refractivity contribution in [1.82, 2.24) is 9.97 Å². The molecule has 2 aromatic carbocycles. The monoisotopic (exact) mass is 423 g/mol. The Morgan fingerprint density at radius 1 is 0.968 bits per heavy atom. The highest BCUT2D eigenvalue weighted by Gasteiger charge is 2.33. The van der Waals surface area contributed by atoms with Crippen LogP contribution in [0.25, 0.3) is 22.3 Å². The average molecular weight is 423 g/mol. The summed E-state index contributed by atoms with van der Waals surface area (Å²) in [6, 6.07) is 18.5. The summed E-state index contributed by atoms with van der Waals surface area (Å²) in [7, 11) is 0. The van der Waals surface area contributed by atoms with Crippen LogP contribution in [0.2, 0.25) is 0 Å². The number of hydrogen-bond acceptors (Lipinski definition) is 2. The number of anilines is 1. The molecule has 0 saturated carbocycles. The molecular weight excluding hydrogens is 403 g/mol. The van der Waals surface area contributed by atoms with Gasteiger partial charge in [0, 0.05) is 23.5 Å². The van der Waals surface area contributed by atoms with Crippen LogP contribution in [-0.2, 0) is 17.4 Å². The first kappa shape index (κ1) is 20.7. The van der Waals surface area contributed by atoms with E-state index in [4.69, 9.17) is 0 Å². The van der Waals surface area contributed by atoms with E-state index in [0.29, 0.717) is 12.8 Å². The maximum Gasteiger partial charge on any atom is 0.418 e. The molecule has 4 nitrogen and oxygen atoms in total. The number of amides is 1. The van der Waals surface area contributed by atoms with Crippen LogP contribution in [0.3, 0.4) is 0 Å². The van der Waals surface area contributed by atoms with E-state index in [1.807, 2.05) is 42.5 Å². The van der Waals surface area contributed by atoms with Crippen LogP contribution in [0.1, 0.15) is 24.0 Å². The SMILES string of the molecule is O=C(CCCc1c(-c2ccccn2)[nH]c2ccccc12)Nc1ccccc1C(F)(F)F. The Morgan fingerprint density at radius 3 is 2.48 bits per heavy atom. The highest BCUT2D eigenvalue weighted by atomic mass is 19.4. The molecule has 2 aromatic heterocycles. The van der Waals surface area contributed by atoms with Crippen molar-refractivity contribution < 1.29 is 18.0 Å². The fraction of sp³-hybridized carbons (Fsp3) is 0.167. The number of alkyl halides is 3. The number of aromatic nitrogens is 2. The highest BCUT2D eigenvalue weighted by Crippen LogP contribution is 2.35. The summed E-state index contributed by atoms with van der Waals surface area (Å²) in [5.41, 5.74) is 2.64. The van der Waals surface area contributed by atoms with Gasteiger partial charge in [-0.15, -0.1) is 0 Å². The number of H-pyrrole nitrogens is 1. The van der Waals surface area contributed by atoms with E-state index in [1.54, 1.807) is 6.20 Å². The molecule has 2 heterocycles. The minimum absolute atomic E-state index is 0.105. The number of nitrogens with one attached hydrogen (secondary N) is 2. The van der Waals surface area contributed by atoms with Crippen molar-refractivity contribution in [3.8, 4) is 11.4 Å². The number of aryl methyl sites for hydroxylation is 1. The van der Waals surface area contributed by atoms with Gasteiger partial charge in [-0.3, -0.25) is 9.78 Å². The summed E-state index contributed by atoms with van der Waals surface area (Å²) in [5.74, 6) is -0.448. The molecule has 0 aliphatic rings. The quantitative estimate of drug-likeness (QED) is 0.387. The van der Waals surface area contributed by atoms with Gasteiger partial charge in [0.2, 0.25) is 5.91 Å². The molecule has 0 fully saturated rings. The van der Waals surface area contributed by atoms with Crippen molar-refractivity contribution >= 4 is 22.5 Å². The second-order valence-corrected chi connectivity index (χ2v) is 7.18. The van der Waals surface area contributed by atoms with E-state index in [-0.39, 0.29) is 12.1 Å². The number of nitrogens with zero attached hydrogens (tertiary/aromatic N) is 1. The van der Waals surface area contributed by atoms with E-state index in [9.17, 15) is 18.0 Å². The number of rotatable bonds is 6. The summed E-state index contributed by atoms with van der Waals surface area (Å²) in [4.78, 5) is 20.2. The third kappa shape index (κ3) is 4.60. The molecule has 2 N–H and O–H groups in total. The lowest BCUT2D eigenvalue weighted by molar-refractivity contribution is -0.137. The van der Waals surface area contributed by atoms with Gasteiger partial charge in [0.15, 0.2) is 0 Å². The largest absolute Gasteiger partial charge is 0.418 e. The van der Waals surface area contributed by atoms with E-state index in [1.165, 1.54) is 18.2 Å². The molecule has 0 aliphatic carbocycles. The molecular formula is C24H20F3N3O. The van der Waals surface area contributed by atoms with Gasteiger partial charge in [0.05, 0.1) is 22.6 Å². The predicted molar refractivity (Wildman–Crippen MR) is 115 cm³/mol. The Hall–Kier alpha value is -3.61. The van der Waals surface area contributed by atoms with Gasteiger partial charge < -0.3 is 10.3 Å². The van der Waals surface area contributed by atoms with Crippen LogP contribution in [0, 0.1) is 0 Å². The highest BCUT2D eigenvalue weighted by molar-refractivity contribution is 5.92. The minimum Gasteiger partial charge on any atom is -0.353 e. The number of para-hydroxylation sites is 2. The second kappa shape index (κ2) is 8.63. The van der Waals surface area contributed by atoms with Gasteiger partial charge in [0.25, 0.3) is 0 Å². The van der Waals surface area contributed by atoms with Gasteiger partial charge in [-0.2, -0.15) is 13.2 Å². The molecule has 0 radical (unpaired) electrons. The maximum atomic E-state index is 13.1. The lowest BCUT2D eigenvalue weighted by Gasteiger charge is -2.13. The first-order valence-corrected chi connectivity index (χ1v) is 9.90. The zero-order chi connectivity index (χ0) is 21.8. The number of aromatic amines is 1. The fourth-order valence-corrected chi connectivity index (χ4v) is 3.67. The second-order valence-electron chi connectivity index (χ2n) is 7.18. The smallest absolute Gasteiger partial charge is 0.353 e. The number of fused-ring (bicyclic) bond motifs is 1. The Kier molecular flexibility index (Phi) is 5.75. The number of pyridine rings is 1. The molecule has 0 aliphatic heterocycles. The Bertz CT molecular complexity index is 1200. The molecule has 0 spiro atoms. The average Bonchev–Trinajstić information content (AvgIpc) is 3.13. The van der Waals surface area contributed by atoms with E-state index >= 15 is 0 Å². The van der Waals surface area contributed by atoms with Gasteiger partial charge in [-0.05, 0) is 48.7 Å². The van der Waals surface area contributed by atoms with E-state index in [2.05, 4.69) is 15.3 Å². The molecule has 0 saturated heterocycles. The zero-order valence-corrected chi connectivity index (χ0v) is 16.5. The van der Waals surface area contributed by atoms with Gasteiger partial charge in [-0.25, -0.2) is 0 Å². The van der Waals surface area contributed by atoms with E-state index in [0.717, 1.165) is 33.9 Å². The van der Waals surface area contributed by atoms with Crippen molar-refractivity contribution in [1.29, 1.82) is 0 Å². The summed E-state index contributed by atoms with van der Waals surface area (Å²) in [6.45, 7) is 0. The molecule has 4 aromatic rings. The third-order valence-corrected chi connectivity index (χ3v) is 5.07. The van der Waals surface area contributed by atoms with Crippen molar-refractivity contribution in [3.63, 3.8) is 0 Å². The number of carbonyl (C=O) groups is 1. The first-order valence-electron chi connectivity index (χ1n) is 9.90. The van der Waals surface area contributed by atoms with Gasteiger partial charge >= 0.3 is 6.18 Å². The van der Waals surface area contributed by atoms with Crippen LogP contribution in [0.15, 0.2) is 72.9 Å². The zero-order valence-electron chi connectivity index (χ0n) is 16.5. The van der Waals surface area contributed by atoms with Crippen molar-refractivity contribution in [2.45, 2.75) is 25.4 Å². The Labute approximate surface area is 177 Å². The van der Waals surface area contributed by atoms with Crippen LogP contribution in [0.5, 0.6) is 0 Å². The molecule has 0 bridgehead atoms. The summed E-state index contributed by atoms with van der Waals surface area (Å²) in [6.07, 6.45) is -1.62. The van der Waals surface area contributed by atoms with Crippen LogP contribution in [0.4, 0.5) is 18.9 Å². The number of benzene rings is 2. The van der Waals surface area contributed by atoms with Crippen molar-refractivity contribution in [3.05, 3.63) is 84.1 Å². The summed E-state index contributed by atoms with van der Waals surface area (Å²) >= 11 is 0. The summed E-state index contributed by atoms with van der Waals surface area (Å²) < 4.78 is 39.4. The third-order valence-electron chi connectivity index (χ3n) is 5.07. The van der Waals surface area contributed by atoms with Crippen molar-refractivity contribution in [2.75, 3.05) is 5.32 Å². The normalized spacial score (nSPS) is 11.6. The first-order chi connectivity index (χ1) is 14.9. The molecule has 0 unspecified atom stereocenters. The Morgan fingerprint density at radius 2 is 1.71 bits per heavy atom. The Balaban J connectivity index is 1.49. The lowest BCUT2D eigenvalue weighted by atomic mass is 10.0. The van der Waals surface area contributed by atoms with Crippen LogP contribution in [-0.4, -0.2) is 15.9 Å². The van der Waals surface area contributed by atoms with Crippen LogP contribution < -0.4 is 5.32 Å².